The van der Waals surface area contributed by atoms with Crippen molar-refractivity contribution >= 4 is 27.5 Å². The minimum absolute atomic E-state index is 0.150. The quantitative estimate of drug-likeness (QED) is 0.452. The summed E-state index contributed by atoms with van der Waals surface area (Å²) in [6.45, 7) is 8.74. The molecule has 192 valence electrons. The van der Waals surface area contributed by atoms with Crippen LogP contribution in [0.4, 0.5) is 5.69 Å². The lowest BCUT2D eigenvalue weighted by atomic mass is 10.1. The molecule has 0 unspecified atom stereocenters. The van der Waals surface area contributed by atoms with Gasteiger partial charge in [0.15, 0.2) is 0 Å². The highest BCUT2D eigenvalue weighted by Crippen LogP contribution is 2.22. The molecule has 2 rings (SSSR count). The van der Waals surface area contributed by atoms with Gasteiger partial charge in [-0.25, -0.2) is 8.42 Å². The van der Waals surface area contributed by atoms with E-state index in [0.717, 1.165) is 23.1 Å². The Morgan fingerprint density at radius 1 is 1.00 bits per heavy atom. The molecule has 0 saturated heterocycles. The van der Waals surface area contributed by atoms with Crippen LogP contribution in [0.1, 0.15) is 49.8 Å². The van der Waals surface area contributed by atoms with Crippen LogP contribution in [0.15, 0.2) is 48.5 Å². The van der Waals surface area contributed by atoms with Gasteiger partial charge < -0.3 is 10.2 Å². The van der Waals surface area contributed by atoms with Crippen LogP contribution in [0.3, 0.4) is 0 Å². The first-order valence-electron chi connectivity index (χ1n) is 12.2. The third kappa shape index (κ3) is 9.02. The van der Waals surface area contributed by atoms with Gasteiger partial charge in [-0.3, -0.25) is 13.9 Å². The highest BCUT2D eigenvalue weighted by Gasteiger charge is 2.26. The number of nitrogens with zero attached hydrogens (tertiary/aromatic N) is 2. The molecule has 0 radical (unpaired) electrons. The second-order valence-corrected chi connectivity index (χ2v) is 11.0. The number of amides is 2. The van der Waals surface area contributed by atoms with Gasteiger partial charge in [0.1, 0.15) is 6.04 Å². The number of rotatable bonds is 13. The lowest BCUT2D eigenvalue weighted by Crippen LogP contribution is -2.49. The first-order chi connectivity index (χ1) is 16.5. The molecule has 2 amide bonds. The molecule has 0 bridgehead atoms. The Kier molecular flexibility index (Phi) is 10.8. The Morgan fingerprint density at radius 3 is 2.20 bits per heavy atom. The first-order valence-corrected chi connectivity index (χ1v) is 14.0. The number of carbonyl (C=O) groups is 2. The van der Waals surface area contributed by atoms with Crippen LogP contribution in [-0.2, 0) is 26.0 Å². The molecule has 0 saturated carbocycles. The summed E-state index contributed by atoms with van der Waals surface area (Å²) in [6, 6.07) is 14.9. The number of hydrogen-bond acceptors (Lipinski definition) is 4. The fourth-order valence-corrected chi connectivity index (χ4v) is 5.01. The van der Waals surface area contributed by atoms with Crippen molar-refractivity contribution in [2.45, 2.75) is 59.4 Å². The summed E-state index contributed by atoms with van der Waals surface area (Å²) >= 11 is 0. The van der Waals surface area contributed by atoms with Crippen molar-refractivity contribution in [3.8, 4) is 0 Å². The molecule has 2 aromatic rings. The van der Waals surface area contributed by atoms with Crippen LogP contribution in [0, 0.1) is 13.8 Å². The minimum Gasteiger partial charge on any atom is -0.354 e. The minimum atomic E-state index is -3.51. The van der Waals surface area contributed by atoms with E-state index in [0.29, 0.717) is 31.6 Å². The topological polar surface area (TPSA) is 86.8 Å². The summed E-state index contributed by atoms with van der Waals surface area (Å²) in [6.07, 6.45) is 3.13. The van der Waals surface area contributed by atoms with Crippen molar-refractivity contribution in [3.05, 3.63) is 65.2 Å². The van der Waals surface area contributed by atoms with Crippen LogP contribution < -0.4 is 9.62 Å². The Bertz CT molecular complexity index is 1070. The number of aryl methyl sites for hydroxylation is 2. The second-order valence-electron chi connectivity index (χ2n) is 9.07. The van der Waals surface area contributed by atoms with Crippen LogP contribution >= 0.6 is 0 Å². The van der Waals surface area contributed by atoms with Crippen LogP contribution in [0.25, 0.3) is 0 Å². The van der Waals surface area contributed by atoms with E-state index in [2.05, 4.69) is 5.32 Å². The SMILES string of the molecule is CCCNC(=O)[C@@H](C)N(CCc1ccccc1)C(=O)CCCN(c1cc(C)cc(C)c1)S(C)(=O)=O. The molecule has 7 nitrogen and oxygen atoms in total. The summed E-state index contributed by atoms with van der Waals surface area (Å²) in [5.41, 5.74) is 3.64. The Balaban J connectivity index is 2.12. The zero-order chi connectivity index (χ0) is 26.0. The maximum atomic E-state index is 13.2. The van der Waals surface area contributed by atoms with E-state index >= 15 is 0 Å². The molecule has 2 aromatic carbocycles. The zero-order valence-electron chi connectivity index (χ0n) is 21.6. The highest BCUT2D eigenvalue weighted by atomic mass is 32.2. The van der Waals surface area contributed by atoms with Crippen LogP contribution in [0.2, 0.25) is 0 Å². The lowest BCUT2D eigenvalue weighted by Gasteiger charge is -2.29. The van der Waals surface area contributed by atoms with Gasteiger partial charge in [-0.1, -0.05) is 43.3 Å². The average Bonchev–Trinajstić information content (AvgIpc) is 2.79. The van der Waals surface area contributed by atoms with Crippen molar-refractivity contribution in [1.82, 2.24) is 10.2 Å². The Hall–Kier alpha value is -2.87. The van der Waals surface area contributed by atoms with E-state index in [1.54, 1.807) is 11.8 Å². The molecule has 0 aromatic heterocycles. The maximum absolute atomic E-state index is 13.2. The van der Waals surface area contributed by atoms with Gasteiger partial charge in [-0.2, -0.15) is 0 Å². The standard InChI is InChI=1S/C27H39N3O4S/c1-6-15-28-27(32)23(4)29(17-14-24-11-8-7-9-12-24)26(31)13-10-16-30(35(5,33)34)25-19-21(2)18-22(3)20-25/h7-9,11-12,18-20,23H,6,10,13-17H2,1-5H3,(H,28,32)/t23-/m1/s1. The zero-order valence-corrected chi connectivity index (χ0v) is 22.4. The molecule has 0 fully saturated rings. The number of benzene rings is 2. The summed E-state index contributed by atoms with van der Waals surface area (Å²) in [4.78, 5) is 27.5. The number of hydrogen-bond donors (Lipinski definition) is 1. The van der Waals surface area contributed by atoms with Gasteiger partial charge in [0.25, 0.3) is 0 Å². The van der Waals surface area contributed by atoms with Crippen molar-refractivity contribution in [2.24, 2.45) is 0 Å². The number of nitrogens with one attached hydrogen (secondary N) is 1. The van der Waals surface area contributed by atoms with Gasteiger partial charge in [0, 0.05) is 26.1 Å². The van der Waals surface area contributed by atoms with E-state index in [-0.39, 0.29) is 24.8 Å². The predicted octanol–water partition coefficient (Wildman–Crippen LogP) is 3.84. The molecule has 35 heavy (non-hydrogen) atoms. The van der Waals surface area contributed by atoms with E-state index in [1.165, 1.54) is 10.6 Å². The fraction of sp³-hybridized carbons (Fsp3) is 0.481. The molecule has 0 aliphatic carbocycles. The Morgan fingerprint density at radius 2 is 1.63 bits per heavy atom. The third-order valence-electron chi connectivity index (χ3n) is 5.85. The summed E-state index contributed by atoms with van der Waals surface area (Å²) in [7, 11) is -3.51. The molecule has 0 aliphatic rings. The smallest absolute Gasteiger partial charge is 0.242 e. The van der Waals surface area contributed by atoms with Crippen LogP contribution in [-0.4, -0.2) is 57.1 Å². The van der Waals surface area contributed by atoms with Gasteiger partial charge >= 0.3 is 0 Å². The average molecular weight is 502 g/mol. The normalized spacial score (nSPS) is 12.1. The largest absolute Gasteiger partial charge is 0.354 e. The fourth-order valence-electron chi connectivity index (χ4n) is 4.06. The molecule has 0 aliphatic heterocycles. The predicted molar refractivity (Wildman–Crippen MR) is 142 cm³/mol. The highest BCUT2D eigenvalue weighted by molar-refractivity contribution is 7.92. The molecule has 0 spiro atoms. The van der Waals surface area contributed by atoms with Crippen molar-refractivity contribution in [3.63, 3.8) is 0 Å². The molecule has 0 heterocycles. The monoisotopic (exact) mass is 501 g/mol. The van der Waals surface area contributed by atoms with Gasteiger partial charge in [-0.05, 0) is 68.9 Å². The second kappa shape index (κ2) is 13.3. The summed E-state index contributed by atoms with van der Waals surface area (Å²) in [5.74, 6) is -0.338. The third-order valence-corrected chi connectivity index (χ3v) is 7.04. The van der Waals surface area contributed by atoms with E-state index in [1.807, 2.05) is 69.3 Å². The molecular weight excluding hydrogens is 462 g/mol. The number of carbonyl (C=O) groups excluding carboxylic acids is 2. The number of sulfonamides is 1. The van der Waals surface area contributed by atoms with Crippen molar-refractivity contribution in [2.75, 3.05) is 30.2 Å². The van der Waals surface area contributed by atoms with E-state index in [4.69, 9.17) is 0 Å². The van der Waals surface area contributed by atoms with Crippen molar-refractivity contribution < 1.29 is 18.0 Å². The molecule has 8 heteroatoms. The van der Waals surface area contributed by atoms with Crippen LogP contribution in [0.5, 0.6) is 0 Å². The molecule has 1 N–H and O–H groups in total. The van der Waals surface area contributed by atoms with Gasteiger partial charge in [0.2, 0.25) is 21.8 Å². The molecule has 1 atom stereocenters. The summed E-state index contributed by atoms with van der Waals surface area (Å²) in [5, 5.41) is 2.87. The maximum Gasteiger partial charge on any atom is 0.242 e. The van der Waals surface area contributed by atoms with Gasteiger partial charge in [-0.15, -0.1) is 0 Å². The lowest BCUT2D eigenvalue weighted by molar-refractivity contribution is -0.139. The molecular formula is C27H39N3O4S. The van der Waals surface area contributed by atoms with Gasteiger partial charge in [0.05, 0.1) is 11.9 Å². The number of anilines is 1. The Labute approximate surface area is 210 Å². The van der Waals surface area contributed by atoms with Crippen molar-refractivity contribution in [1.29, 1.82) is 0 Å². The first kappa shape index (κ1) is 28.4. The summed E-state index contributed by atoms with van der Waals surface area (Å²) < 4.78 is 26.4. The van der Waals surface area contributed by atoms with E-state index < -0.39 is 16.1 Å². The van der Waals surface area contributed by atoms with E-state index in [9.17, 15) is 18.0 Å².